The summed E-state index contributed by atoms with van der Waals surface area (Å²) < 4.78 is 5.87. The zero-order valence-electron chi connectivity index (χ0n) is 11.7. The van der Waals surface area contributed by atoms with E-state index in [1.165, 1.54) is 0 Å². The number of ether oxygens (including phenoxy) is 1. The molecule has 102 valence electrons. The Labute approximate surface area is 110 Å². The van der Waals surface area contributed by atoms with Crippen molar-refractivity contribution >= 4 is 0 Å². The van der Waals surface area contributed by atoms with E-state index in [0.717, 1.165) is 38.1 Å². The molecule has 0 bridgehead atoms. The quantitative estimate of drug-likeness (QED) is 0.733. The van der Waals surface area contributed by atoms with E-state index in [4.69, 9.17) is 4.74 Å². The Morgan fingerprint density at radius 3 is 2.61 bits per heavy atom. The lowest BCUT2D eigenvalue weighted by Crippen LogP contribution is -2.35. The van der Waals surface area contributed by atoms with Crippen LogP contribution in [0.1, 0.15) is 51.8 Å². The van der Waals surface area contributed by atoms with Crippen LogP contribution in [0.3, 0.4) is 0 Å². The highest BCUT2D eigenvalue weighted by Gasteiger charge is 2.23. The van der Waals surface area contributed by atoms with Crippen molar-refractivity contribution in [2.24, 2.45) is 0 Å². The Morgan fingerprint density at radius 2 is 2.06 bits per heavy atom. The first-order chi connectivity index (χ1) is 8.83. The summed E-state index contributed by atoms with van der Waals surface area (Å²) in [7, 11) is 0. The Balaban J connectivity index is 2.80. The van der Waals surface area contributed by atoms with Gasteiger partial charge in [0.25, 0.3) is 0 Å². The van der Waals surface area contributed by atoms with Crippen molar-refractivity contribution < 1.29 is 4.74 Å². The van der Waals surface area contributed by atoms with Crippen molar-refractivity contribution in [1.82, 2.24) is 15.3 Å². The van der Waals surface area contributed by atoms with E-state index >= 15 is 0 Å². The standard InChI is InChI=1S/C14H25N3O/c1-4-7-13(18-6-3)14(17-8-5-2)12-11-15-9-10-16-12/h9-11,13-14,17H,4-8H2,1-3H3. The highest BCUT2D eigenvalue weighted by atomic mass is 16.5. The summed E-state index contributed by atoms with van der Waals surface area (Å²) in [6.45, 7) is 8.08. The van der Waals surface area contributed by atoms with Crippen LogP contribution in [0.4, 0.5) is 0 Å². The van der Waals surface area contributed by atoms with Crippen LogP contribution in [0.15, 0.2) is 18.6 Å². The van der Waals surface area contributed by atoms with E-state index in [1.54, 1.807) is 12.4 Å². The summed E-state index contributed by atoms with van der Waals surface area (Å²) in [4.78, 5) is 8.57. The maximum atomic E-state index is 5.87. The van der Waals surface area contributed by atoms with Gasteiger partial charge in [-0.25, -0.2) is 0 Å². The van der Waals surface area contributed by atoms with Gasteiger partial charge in [-0.05, 0) is 26.3 Å². The van der Waals surface area contributed by atoms with Gasteiger partial charge in [-0.15, -0.1) is 0 Å². The van der Waals surface area contributed by atoms with E-state index in [9.17, 15) is 0 Å². The van der Waals surface area contributed by atoms with Crippen LogP contribution < -0.4 is 5.32 Å². The molecule has 4 nitrogen and oxygen atoms in total. The van der Waals surface area contributed by atoms with Crippen molar-refractivity contribution in [1.29, 1.82) is 0 Å². The average molecular weight is 251 g/mol. The van der Waals surface area contributed by atoms with Gasteiger partial charge in [0.05, 0.1) is 24.0 Å². The molecule has 0 radical (unpaired) electrons. The zero-order chi connectivity index (χ0) is 13.2. The Morgan fingerprint density at radius 1 is 1.22 bits per heavy atom. The molecule has 0 amide bonds. The minimum Gasteiger partial charge on any atom is -0.376 e. The fourth-order valence-electron chi connectivity index (χ4n) is 2.04. The van der Waals surface area contributed by atoms with Crippen molar-refractivity contribution in [3.63, 3.8) is 0 Å². The molecule has 1 aromatic heterocycles. The highest BCUT2D eigenvalue weighted by Crippen LogP contribution is 2.20. The van der Waals surface area contributed by atoms with Crippen LogP contribution in [-0.2, 0) is 4.74 Å². The first-order valence-corrected chi connectivity index (χ1v) is 6.94. The molecule has 0 saturated heterocycles. The van der Waals surface area contributed by atoms with Gasteiger partial charge >= 0.3 is 0 Å². The van der Waals surface area contributed by atoms with Crippen LogP contribution in [0.5, 0.6) is 0 Å². The first kappa shape index (κ1) is 15.1. The molecule has 0 saturated carbocycles. The molecule has 1 rings (SSSR count). The van der Waals surface area contributed by atoms with E-state index < -0.39 is 0 Å². The molecule has 0 spiro atoms. The van der Waals surface area contributed by atoms with Crippen LogP contribution in [0, 0.1) is 0 Å². The molecule has 0 aliphatic rings. The lowest BCUT2D eigenvalue weighted by atomic mass is 10.0. The van der Waals surface area contributed by atoms with Gasteiger partial charge in [-0.2, -0.15) is 0 Å². The van der Waals surface area contributed by atoms with Gasteiger partial charge in [0.1, 0.15) is 0 Å². The lowest BCUT2D eigenvalue weighted by molar-refractivity contribution is 0.0265. The summed E-state index contributed by atoms with van der Waals surface area (Å²) in [5, 5.41) is 3.53. The Kier molecular flexibility index (Phi) is 7.53. The minimum atomic E-state index is 0.138. The summed E-state index contributed by atoms with van der Waals surface area (Å²) in [5.41, 5.74) is 0.970. The molecule has 1 N–H and O–H groups in total. The van der Waals surface area contributed by atoms with Gasteiger partial charge in [0, 0.05) is 19.0 Å². The first-order valence-electron chi connectivity index (χ1n) is 6.94. The van der Waals surface area contributed by atoms with Crippen molar-refractivity contribution in [3.05, 3.63) is 24.3 Å². The van der Waals surface area contributed by atoms with Gasteiger partial charge in [0.15, 0.2) is 0 Å². The zero-order valence-corrected chi connectivity index (χ0v) is 11.7. The fourth-order valence-corrected chi connectivity index (χ4v) is 2.04. The molecule has 0 fully saturated rings. The number of nitrogens with one attached hydrogen (secondary N) is 1. The molecule has 0 aliphatic carbocycles. The van der Waals surface area contributed by atoms with E-state index in [1.807, 2.05) is 13.1 Å². The number of rotatable bonds is 9. The highest BCUT2D eigenvalue weighted by molar-refractivity contribution is 5.05. The largest absolute Gasteiger partial charge is 0.376 e. The summed E-state index contributed by atoms with van der Waals surface area (Å²) in [6.07, 6.45) is 8.68. The van der Waals surface area contributed by atoms with Crippen LogP contribution in [0.2, 0.25) is 0 Å². The summed E-state index contributed by atoms with van der Waals surface area (Å²) in [5.74, 6) is 0. The third-order valence-corrected chi connectivity index (χ3v) is 2.84. The predicted octanol–water partition coefficient (Wildman–Crippen LogP) is 2.72. The molecule has 4 heteroatoms. The Hall–Kier alpha value is -1.00. The molecular formula is C14H25N3O. The lowest BCUT2D eigenvalue weighted by Gasteiger charge is -2.27. The van der Waals surface area contributed by atoms with Crippen molar-refractivity contribution in [2.75, 3.05) is 13.2 Å². The van der Waals surface area contributed by atoms with Gasteiger partial charge in [0.2, 0.25) is 0 Å². The van der Waals surface area contributed by atoms with Gasteiger partial charge in [-0.1, -0.05) is 20.3 Å². The summed E-state index contributed by atoms with van der Waals surface area (Å²) >= 11 is 0. The molecule has 0 aliphatic heterocycles. The topological polar surface area (TPSA) is 47.0 Å². The second kappa shape index (κ2) is 9.00. The molecular weight excluding hydrogens is 226 g/mol. The number of hydrogen-bond acceptors (Lipinski definition) is 4. The minimum absolute atomic E-state index is 0.138. The summed E-state index contributed by atoms with van der Waals surface area (Å²) in [6, 6.07) is 0.138. The number of hydrogen-bond donors (Lipinski definition) is 1. The molecule has 1 aromatic rings. The SMILES string of the molecule is CCCNC(c1cnccn1)C(CCC)OCC. The molecule has 0 aromatic carbocycles. The molecule has 2 atom stereocenters. The van der Waals surface area contributed by atoms with Gasteiger partial charge in [-0.3, -0.25) is 9.97 Å². The monoisotopic (exact) mass is 251 g/mol. The molecule has 18 heavy (non-hydrogen) atoms. The number of aromatic nitrogens is 2. The fraction of sp³-hybridized carbons (Fsp3) is 0.714. The normalized spacial score (nSPS) is 14.4. The molecule has 1 heterocycles. The smallest absolute Gasteiger partial charge is 0.0785 e. The average Bonchev–Trinajstić information content (AvgIpc) is 2.41. The van der Waals surface area contributed by atoms with Crippen LogP contribution >= 0.6 is 0 Å². The van der Waals surface area contributed by atoms with E-state index in [-0.39, 0.29) is 12.1 Å². The van der Waals surface area contributed by atoms with Gasteiger partial charge < -0.3 is 10.1 Å². The predicted molar refractivity (Wildman–Crippen MR) is 73.4 cm³/mol. The third-order valence-electron chi connectivity index (χ3n) is 2.84. The van der Waals surface area contributed by atoms with E-state index in [0.29, 0.717) is 0 Å². The van der Waals surface area contributed by atoms with Crippen LogP contribution in [0.25, 0.3) is 0 Å². The second-order valence-corrected chi connectivity index (χ2v) is 4.34. The van der Waals surface area contributed by atoms with Crippen molar-refractivity contribution in [3.8, 4) is 0 Å². The maximum Gasteiger partial charge on any atom is 0.0785 e. The van der Waals surface area contributed by atoms with Crippen molar-refractivity contribution in [2.45, 2.75) is 52.2 Å². The Bertz CT molecular complexity index is 299. The maximum absolute atomic E-state index is 5.87. The number of nitrogens with zero attached hydrogens (tertiary/aromatic N) is 2. The third kappa shape index (κ3) is 4.70. The van der Waals surface area contributed by atoms with E-state index in [2.05, 4.69) is 29.1 Å². The molecule has 2 unspecified atom stereocenters. The second-order valence-electron chi connectivity index (χ2n) is 4.34. The van der Waals surface area contributed by atoms with Crippen LogP contribution in [-0.4, -0.2) is 29.2 Å².